The summed E-state index contributed by atoms with van der Waals surface area (Å²) in [6.45, 7) is 1.06. The molecule has 1 aromatic heterocycles. The molecule has 3 nitrogen and oxygen atoms in total. The van der Waals surface area contributed by atoms with Gasteiger partial charge in [0.1, 0.15) is 0 Å². The minimum absolute atomic E-state index is 0.301. The Bertz CT molecular complexity index is 532. The van der Waals surface area contributed by atoms with Crippen LogP contribution in [0.5, 0.6) is 0 Å². The molecular weight excluding hydrogens is 292 g/mol. The molecule has 18 heavy (non-hydrogen) atoms. The number of aromatic nitrogens is 1. The summed E-state index contributed by atoms with van der Waals surface area (Å²) in [4.78, 5) is 0. The maximum atomic E-state index is 5.47. The molecule has 0 amide bonds. The predicted molar refractivity (Wildman–Crippen MR) is 74.2 cm³/mol. The molecule has 1 aliphatic heterocycles. The van der Waals surface area contributed by atoms with Gasteiger partial charge in [0.15, 0.2) is 5.76 Å². The first-order valence-corrected chi connectivity index (χ1v) is 7.08. The molecule has 0 aliphatic carbocycles. The Balaban J connectivity index is 1.95. The highest BCUT2D eigenvalue weighted by Crippen LogP contribution is 2.33. The molecule has 1 aliphatic rings. The highest BCUT2D eigenvalue weighted by Gasteiger charge is 2.22. The maximum Gasteiger partial charge on any atom is 0.161 e. The zero-order chi connectivity index (χ0) is 12.4. The number of piperidine rings is 1. The van der Waals surface area contributed by atoms with Gasteiger partial charge in [-0.25, -0.2) is 0 Å². The molecular formula is C14H15BrN2O. The number of halogens is 1. The van der Waals surface area contributed by atoms with E-state index in [0.717, 1.165) is 34.3 Å². The van der Waals surface area contributed by atoms with E-state index in [1.807, 2.05) is 18.3 Å². The second-order valence-electron chi connectivity index (χ2n) is 4.62. The van der Waals surface area contributed by atoms with Gasteiger partial charge < -0.3 is 9.84 Å². The van der Waals surface area contributed by atoms with Crippen molar-refractivity contribution in [1.82, 2.24) is 10.5 Å². The molecule has 2 heterocycles. The topological polar surface area (TPSA) is 38.1 Å². The molecule has 94 valence electrons. The second kappa shape index (κ2) is 5.24. The van der Waals surface area contributed by atoms with Crippen molar-refractivity contribution in [2.75, 3.05) is 6.54 Å². The fraction of sp³-hybridized carbons (Fsp3) is 0.357. The Labute approximate surface area is 115 Å². The zero-order valence-electron chi connectivity index (χ0n) is 10.0. The van der Waals surface area contributed by atoms with Crippen molar-refractivity contribution in [2.24, 2.45) is 0 Å². The van der Waals surface area contributed by atoms with Crippen molar-refractivity contribution in [3.05, 3.63) is 40.7 Å². The van der Waals surface area contributed by atoms with E-state index < -0.39 is 0 Å². The molecule has 1 aromatic carbocycles. The van der Waals surface area contributed by atoms with E-state index in [-0.39, 0.29) is 0 Å². The third kappa shape index (κ3) is 2.35. The van der Waals surface area contributed by atoms with Crippen molar-refractivity contribution in [1.29, 1.82) is 0 Å². The minimum Gasteiger partial charge on any atom is -0.359 e. The van der Waals surface area contributed by atoms with E-state index in [9.17, 15) is 0 Å². The molecule has 4 heteroatoms. The molecule has 0 bridgehead atoms. The van der Waals surface area contributed by atoms with Gasteiger partial charge in [0, 0.05) is 10.0 Å². The summed E-state index contributed by atoms with van der Waals surface area (Å²) >= 11 is 3.50. The number of nitrogens with zero attached hydrogens (tertiary/aromatic N) is 1. The van der Waals surface area contributed by atoms with Crippen LogP contribution in [0.4, 0.5) is 0 Å². The Morgan fingerprint density at radius 1 is 1.33 bits per heavy atom. The summed E-state index contributed by atoms with van der Waals surface area (Å²) < 4.78 is 6.54. The summed E-state index contributed by atoms with van der Waals surface area (Å²) in [5, 5.41) is 7.47. The third-order valence-corrected chi connectivity index (χ3v) is 3.85. The van der Waals surface area contributed by atoms with Gasteiger partial charge in [0.25, 0.3) is 0 Å². The van der Waals surface area contributed by atoms with Crippen LogP contribution >= 0.6 is 15.9 Å². The Morgan fingerprint density at radius 3 is 3.06 bits per heavy atom. The molecule has 1 fully saturated rings. The molecule has 1 N–H and O–H groups in total. The van der Waals surface area contributed by atoms with Gasteiger partial charge in [0.05, 0.1) is 12.2 Å². The van der Waals surface area contributed by atoms with Crippen molar-refractivity contribution >= 4 is 15.9 Å². The molecule has 0 radical (unpaired) electrons. The van der Waals surface area contributed by atoms with Gasteiger partial charge >= 0.3 is 0 Å². The summed E-state index contributed by atoms with van der Waals surface area (Å²) in [5.41, 5.74) is 2.24. The number of hydrogen-bond acceptors (Lipinski definition) is 3. The standard InChI is InChI=1S/C14H15BrN2O/c15-11-5-3-4-10(8-11)12-9-17-18-14(12)13-6-1-2-7-16-13/h3-5,8-9,13,16H,1-2,6-7H2. The van der Waals surface area contributed by atoms with Gasteiger partial charge in [0.2, 0.25) is 0 Å². The summed E-state index contributed by atoms with van der Waals surface area (Å²) in [6.07, 6.45) is 5.43. The molecule has 0 spiro atoms. The first-order chi connectivity index (χ1) is 8.84. The highest BCUT2D eigenvalue weighted by atomic mass is 79.9. The molecule has 0 saturated carbocycles. The van der Waals surface area contributed by atoms with Gasteiger partial charge in [-0.2, -0.15) is 0 Å². The smallest absolute Gasteiger partial charge is 0.161 e. The Kier molecular flexibility index (Phi) is 3.48. The summed E-state index contributed by atoms with van der Waals surface area (Å²) in [6, 6.07) is 8.54. The molecule has 1 saturated heterocycles. The highest BCUT2D eigenvalue weighted by molar-refractivity contribution is 9.10. The van der Waals surface area contributed by atoms with Crippen molar-refractivity contribution in [3.63, 3.8) is 0 Å². The lowest BCUT2D eigenvalue weighted by Gasteiger charge is -2.21. The quantitative estimate of drug-likeness (QED) is 0.914. The first kappa shape index (κ1) is 11.9. The summed E-state index contributed by atoms with van der Waals surface area (Å²) in [7, 11) is 0. The first-order valence-electron chi connectivity index (χ1n) is 6.28. The normalized spacial score (nSPS) is 19.9. The van der Waals surface area contributed by atoms with Crippen LogP contribution in [0.15, 0.2) is 39.5 Å². The maximum absolute atomic E-state index is 5.47. The third-order valence-electron chi connectivity index (χ3n) is 3.36. The molecule has 3 rings (SSSR count). The predicted octanol–water partition coefficient (Wildman–Crippen LogP) is 3.92. The average Bonchev–Trinajstić information content (AvgIpc) is 2.89. The average molecular weight is 307 g/mol. The van der Waals surface area contributed by atoms with Gasteiger partial charge in [-0.15, -0.1) is 0 Å². The number of benzene rings is 1. The number of rotatable bonds is 2. The summed E-state index contributed by atoms with van der Waals surface area (Å²) in [5.74, 6) is 0.966. The van der Waals surface area contributed by atoms with E-state index in [1.165, 1.54) is 12.8 Å². The Morgan fingerprint density at radius 2 is 2.28 bits per heavy atom. The van der Waals surface area contributed by atoms with Gasteiger partial charge in [-0.3, -0.25) is 0 Å². The van der Waals surface area contributed by atoms with Crippen LogP contribution in [0, 0.1) is 0 Å². The van der Waals surface area contributed by atoms with Crippen LogP contribution in [0.25, 0.3) is 11.1 Å². The van der Waals surface area contributed by atoms with Crippen LogP contribution in [0.2, 0.25) is 0 Å². The number of nitrogens with one attached hydrogen (secondary N) is 1. The van der Waals surface area contributed by atoms with Gasteiger partial charge in [-0.05, 0) is 37.1 Å². The van der Waals surface area contributed by atoms with E-state index in [4.69, 9.17) is 4.52 Å². The minimum atomic E-state index is 0.301. The fourth-order valence-electron chi connectivity index (χ4n) is 2.45. The largest absolute Gasteiger partial charge is 0.359 e. The second-order valence-corrected chi connectivity index (χ2v) is 5.53. The van der Waals surface area contributed by atoms with E-state index in [1.54, 1.807) is 0 Å². The van der Waals surface area contributed by atoms with Gasteiger partial charge in [-0.1, -0.05) is 39.6 Å². The number of hydrogen-bond donors (Lipinski definition) is 1. The van der Waals surface area contributed by atoms with Crippen LogP contribution in [0.3, 0.4) is 0 Å². The lowest BCUT2D eigenvalue weighted by atomic mass is 9.97. The van der Waals surface area contributed by atoms with E-state index >= 15 is 0 Å². The molecule has 1 unspecified atom stereocenters. The lowest BCUT2D eigenvalue weighted by molar-refractivity contribution is 0.306. The Hall–Kier alpha value is -1.13. The zero-order valence-corrected chi connectivity index (χ0v) is 11.6. The van der Waals surface area contributed by atoms with Crippen molar-refractivity contribution in [3.8, 4) is 11.1 Å². The van der Waals surface area contributed by atoms with Crippen molar-refractivity contribution in [2.45, 2.75) is 25.3 Å². The van der Waals surface area contributed by atoms with Crippen LogP contribution in [-0.4, -0.2) is 11.7 Å². The lowest BCUT2D eigenvalue weighted by Crippen LogP contribution is -2.26. The molecule has 1 atom stereocenters. The van der Waals surface area contributed by atoms with Crippen molar-refractivity contribution < 1.29 is 4.52 Å². The van der Waals surface area contributed by atoms with Crippen LogP contribution < -0.4 is 5.32 Å². The van der Waals surface area contributed by atoms with E-state index in [0.29, 0.717) is 6.04 Å². The van der Waals surface area contributed by atoms with Crippen LogP contribution in [-0.2, 0) is 0 Å². The monoisotopic (exact) mass is 306 g/mol. The van der Waals surface area contributed by atoms with E-state index in [2.05, 4.69) is 38.5 Å². The fourth-order valence-corrected chi connectivity index (χ4v) is 2.85. The molecule has 2 aromatic rings. The SMILES string of the molecule is Brc1cccc(-c2cnoc2C2CCCCN2)c1. The van der Waals surface area contributed by atoms with Crippen LogP contribution in [0.1, 0.15) is 31.1 Å².